The third kappa shape index (κ3) is 9.73. The number of benzene rings is 4. The third-order valence-electron chi connectivity index (χ3n) is 13.5. The smallest absolute Gasteiger partial charge is 0.338 e. The number of ether oxygens (including phenoxy) is 5. The maximum absolute atomic E-state index is 14.5. The van der Waals surface area contributed by atoms with Crippen molar-refractivity contribution in [2.75, 3.05) is 20.8 Å². The molecule has 12 nitrogen and oxygen atoms in total. The van der Waals surface area contributed by atoms with Crippen LogP contribution in [-0.2, 0) is 33.5 Å². The minimum atomic E-state index is -2.75. The molecule has 4 aromatic carbocycles. The lowest BCUT2D eigenvalue weighted by Gasteiger charge is -2.54. The molecule has 1 N–H and O–H groups in total. The van der Waals surface area contributed by atoms with Crippen LogP contribution in [0.1, 0.15) is 81.9 Å². The van der Waals surface area contributed by atoms with Crippen molar-refractivity contribution in [1.82, 2.24) is 10.2 Å². The van der Waals surface area contributed by atoms with E-state index in [1.165, 1.54) is 4.90 Å². The van der Waals surface area contributed by atoms with Gasteiger partial charge in [0.2, 0.25) is 0 Å². The first kappa shape index (κ1) is 48.6. The van der Waals surface area contributed by atoms with E-state index in [0.29, 0.717) is 17.1 Å². The Hall–Kier alpha value is -4.84. The number of carbonyl (C=O) groups is 3. The van der Waals surface area contributed by atoms with Crippen molar-refractivity contribution in [1.29, 1.82) is 0 Å². The molecule has 0 radical (unpaired) electrons. The first-order chi connectivity index (χ1) is 30.0. The van der Waals surface area contributed by atoms with E-state index in [9.17, 15) is 14.4 Å². The molecule has 5 atom stereocenters. The van der Waals surface area contributed by atoms with Crippen LogP contribution >= 0.6 is 0 Å². The lowest BCUT2D eigenvalue weighted by molar-refractivity contribution is -0.187. The van der Waals surface area contributed by atoms with E-state index in [-0.39, 0.29) is 23.1 Å². The molecule has 14 heteroatoms. The van der Waals surface area contributed by atoms with E-state index in [0.717, 1.165) is 16.7 Å². The van der Waals surface area contributed by atoms with Gasteiger partial charge in [-0.05, 0) is 96.3 Å². The molecule has 64 heavy (non-hydrogen) atoms. The Labute approximate surface area is 381 Å². The number of esters is 1. The van der Waals surface area contributed by atoms with Gasteiger partial charge in [-0.3, -0.25) is 15.0 Å². The van der Waals surface area contributed by atoms with Gasteiger partial charge in [0, 0.05) is 6.42 Å². The van der Waals surface area contributed by atoms with Crippen LogP contribution in [0, 0.1) is 0 Å². The zero-order valence-corrected chi connectivity index (χ0v) is 41.6. The Morgan fingerprint density at radius 1 is 0.734 bits per heavy atom. The quantitative estimate of drug-likeness (QED) is 0.0699. The Bertz CT molecular complexity index is 2200. The van der Waals surface area contributed by atoms with Gasteiger partial charge in [-0.1, -0.05) is 114 Å². The highest BCUT2D eigenvalue weighted by atomic mass is 28.4. The van der Waals surface area contributed by atoms with Gasteiger partial charge in [0.05, 0.1) is 26.4 Å². The summed E-state index contributed by atoms with van der Waals surface area (Å²) in [5.41, 5.74) is -0.0799. The van der Waals surface area contributed by atoms with Gasteiger partial charge in [0.1, 0.15) is 35.5 Å². The second-order valence-corrected chi connectivity index (χ2v) is 29.3. The molecule has 0 bridgehead atoms. The first-order valence-corrected chi connectivity index (χ1v) is 27.7. The number of nitrogens with one attached hydrogen (secondary N) is 1. The van der Waals surface area contributed by atoms with Gasteiger partial charge in [0.15, 0.2) is 28.5 Å². The monoisotopic (exact) mass is 910 g/mol. The molecule has 0 spiro atoms. The average molecular weight is 911 g/mol. The van der Waals surface area contributed by atoms with Crippen molar-refractivity contribution < 1.29 is 46.9 Å². The van der Waals surface area contributed by atoms with E-state index < -0.39 is 70.4 Å². The number of urea groups is 1. The molecule has 0 saturated carbocycles. The highest BCUT2D eigenvalue weighted by Gasteiger charge is 2.61. The van der Waals surface area contributed by atoms with E-state index in [4.69, 9.17) is 32.5 Å². The topological polar surface area (TPSA) is 131 Å². The van der Waals surface area contributed by atoms with Gasteiger partial charge < -0.3 is 32.5 Å². The van der Waals surface area contributed by atoms with Crippen molar-refractivity contribution >= 4 is 34.5 Å². The summed E-state index contributed by atoms with van der Waals surface area (Å²) in [4.78, 5) is 44.1. The summed E-state index contributed by atoms with van der Waals surface area (Å²) in [5, 5.41) is 2.01. The Morgan fingerprint density at radius 2 is 1.22 bits per heavy atom. The fraction of sp³-hybridized carbons (Fsp3) is 0.460. The summed E-state index contributed by atoms with van der Waals surface area (Å²) >= 11 is 0. The van der Waals surface area contributed by atoms with Gasteiger partial charge in [-0.25, -0.2) is 9.59 Å². The van der Waals surface area contributed by atoms with E-state index >= 15 is 0 Å². The molecule has 4 aromatic rings. The molecule has 2 fully saturated rings. The van der Waals surface area contributed by atoms with Crippen LogP contribution in [0.15, 0.2) is 109 Å². The normalized spacial score (nSPS) is 22.2. The number of methoxy groups -OCH3 is 2. The number of nitrogens with zero attached hydrogens (tertiary/aromatic N) is 1. The SMILES string of the molecule is COc1ccc(C(OC[C@H]2O[C@@H](N3C(=O)NC(=O)[C@@](C)(O[Si](C)(C)C(C)(C)C)[C@H]3O[Si](C)(C)C(C)(C)C)C[C@@H]2OC(=O)c2ccccc2)(c2ccccc2)c2ccc(OC)cc2)cc1. The molecule has 0 aliphatic carbocycles. The minimum absolute atomic E-state index is 0.0468. The minimum Gasteiger partial charge on any atom is -0.497 e. The molecule has 2 heterocycles. The van der Waals surface area contributed by atoms with E-state index in [2.05, 4.69) is 73.0 Å². The number of imide groups is 1. The van der Waals surface area contributed by atoms with Crippen LogP contribution < -0.4 is 14.8 Å². The summed E-state index contributed by atoms with van der Waals surface area (Å²) in [6, 6.07) is 33.3. The van der Waals surface area contributed by atoms with Crippen LogP contribution in [0.5, 0.6) is 11.5 Å². The van der Waals surface area contributed by atoms with Crippen molar-refractivity contribution in [3.05, 3.63) is 131 Å². The first-order valence-electron chi connectivity index (χ1n) is 21.9. The summed E-state index contributed by atoms with van der Waals surface area (Å²) < 4.78 is 45.9. The van der Waals surface area contributed by atoms with Crippen LogP contribution in [0.2, 0.25) is 36.3 Å². The van der Waals surface area contributed by atoms with Crippen LogP contribution in [0.4, 0.5) is 4.79 Å². The third-order valence-corrected chi connectivity index (χ3v) is 22.5. The van der Waals surface area contributed by atoms with E-state index in [1.807, 2.05) is 84.9 Å². The zero-order valence-electron chi connectivity index (χ0n) is 39.6. The Balaban J connectivity index is 1.47. The second kappa shape index (κ2) is 18.6. The second-order valence-electron chi connectivity index (χ2n) is 19.9. The summed E-state index contributed by atoms with van der Waals surface area (Å²) in [5.74, 6) is 0.206. The van der Waals surface area contributed by atoms with Gasteiger partial charge >= 0.3 is 12.0 Å². The molecule has 2 aliphatic rings. The Kier molecular flexibility index (Phi) is 14.1. The van der Waals surface area contributed by atoms with Crippen molar-refractivity contribution in [3.8, 4) is 11.5 Å². The summed E-state index contributed by atoms with van der Waals surface area (Å²) in [6.07, 6.45) is -4.01. The standard InChI is InChI=1S/C50H66N2O10Si2/c1-47(2,3)63(10,11)61-45-49(7,62-64(12,13)48(4,5)6)44(54)51-46(55)52(45)42-32-40(60-43(53)34-20-16-14-17-21-34)41(59-42)33-58-50(35-22-18-15-19-23-35,36-24-28-38(56-8)29-25-36)37-26-30-39(57-9)31-27-37/h14-31,40-42,45H,32-33H2,1-13H3,(H,51,54,55)/t40-,41+,42+,45+,49+/m0/s1. The fourth-order valence-electron chi connectivity index (χ4n) is 7.66. The number of hydrogen-bond acceptors (Lipinski definition) is 10. The Morgan fingerprint density at radius 3 is 1.70 bits per heavy atom. The van der Waals surface area contributed by atoms with Crippen molar-refractivity contribution in [3.63, 3.8) is 0 Å². The molecule has 2 aliphatic heterocycles. The van der Waals surface area contributed by atoms with Crippen molar-refractivity contribution in [2.45, 2.75) is 127 Å². The number of rotatable bonds is 15. The molecule has 2 saturated heterocycles. The van der Waals surface area contributed by atoms with Crippen LogP contribution in [-0.4, -0.2) is 90.5 Å². The lowest BCUT2D eigenvalue weighted by Crippen LogP contribution is -2.75. The molecule has 0 aromatic heterocycles. The molecular formula is C50H66N2O10Si2. The predicted molar refractivity (Wildman–Crippen MR) is 251 cm³/mol. The van der Waals surface area contributed by atoms with Gasteiger partial charge in [0.25, 0.3) is 5.91 Å². The maximum Gasteiger partial charge on any atom is 0.338 e. The number of amides is 3. The van der Waals surface area contributed by atoms with Crippen LogP contribution in [0.3, 0.4) is 0 Å². The summed E-state index contributed by atoms with van der Waals surface area (Å²) in [7, 11) is -2.21. The highest BCUT2D eigenvalue weighted by molar-refractivity contribution is 6.75. The largest absolute Gasteiger partial charge is 0.497 e. The number of hydrogen-bond donors (Lipinski definition) is 1. The van der Waals surface area contributed by atoms with Crippen molar-refractivity contribution in [2.24, 2.45) is 0 Å². The summed E-state index contributed by atoms with van der Waals surface area (Å²) in [6.45, 7) is 22.5. The molecule has 3 amide bonds. The molecule has 6 rings (SSSR count). The van der Waals surface area contributed by atoms with E-state index in [1.54, 1.807) is 45.4 Å². The number of carbonyl (C=O) groups excluding carboxylic acids is 3. The predicted octanol–water partition coefficient (Wildman–Crippen LogP) is 10.0. The maximum atomic E-state index is 14.5. The highest BCUT2D eigenvalue weighted by Crippen LogP contribution is 2.47. The zero-order chi connectivity index (χ0) is 46.9. The fourth-order valence-corrected chi connectivity index (χ4v) is 10.5. The van der Waals surface area contributed by atoms with Gasteiger partial charge in [-0.2, -0.15) is 0 Å². The molecule has 344 valence electrons. The average Bonchev–Trinajstić information content (AvgIpc) is 3.64. The van der Waals surface area contributed by atoms with Gasteiger partial charge in [-0.15, -0.1) is 0 Å². The molecular weight excluding hydrogens is 845 g/mol. The lowest BCUT2D eigenvalue weighted by atomic mass is 9.80. The molecule has 0 unspecified atom stereocenters. The van der Waals surface area contributed by atoms with Crippen LogP contribution in [0.25, 0.3) is 0 Å².